The molecular formula is C22H23N3O7S2. The van der Waals surface area contributed by atoms with Crippen LogP contribution < -0.4 is 24.7 Å². The van der Waals surface area contributed by atoms with E-state index in [9.17, 15) is 21.6 Å². The number of methoxy groups -OCH3 is 1. The molecule has 0 spiro atoms. The topological polar surface area (TPSA) is 154 Å². The molecule has 3 aromatic rings. The minimum absolute atomic E-state index is 0.0180. The summed E-state index contributed by atoms with van der Waals surface area (Å²) in [5.74, 6) is 0.512. The summed E-state index contributed by atoms with van der Waals surface area (Å²) >= 11 is 0. The molecule has 3 rings (SSSR count). The molecule has 0 aliphatic heterocycles. The highest BCUT2D eigenvalue weighted by Crippen LogP contribution is 2.21. The number of nitrogens with two attached hydrogens (primary N) is 1. The zero-order chi connectivity index (χ0) is 24.8. The van der Waals surface area contributed by atoms with Crippen LogP contribution in [0.25, 0.3) is 0 Å². The number of amides is 1. The summed E-state index contributed by atoms with van der Waals surface area (Å²) < 4.78 is 60.5. The predicted molar refractivity (Wildman–Crippen MR) is 125 cm³/mol. The van der Waals surface area contributed by atoms with Gasteiger partial charge in [-0.1, -0.05) is 12.1 Å². The number of benzene rings is 3. The maximum atomic E-state index is 12.5. The summed E-state index contributed by atoms with van der Waals surface area (Å²) in [4.78, 5) is 12.0. The van der Waals surface area contributed by atoms with Crippen molar-refractivity contribution < 1.29 is 31.1 Å². The van der Waals surface area contributed by atoms with Crippen LogP contribution in [0.2, 0.25) is 0 Å². The molecule has 4 N–H and O–H groups in total. The van der Waals surface area contributed by atoms with Crippen LogP contribution in [-0.4, -0.2) is 36.5 Å². The van der Waals surface area contributed by atoms with Crippen molar-refractivity contribution in [1.29, 1.82) is 0 Å². The fraction of sp³-hybridized carbons (Fsp3) is 0.136. The number of anilines is 1. The van der Waals surface area contributed by atoms with Crippen molar-refractivity contribution in [1.82, 2.24) is 5.32 Å². The Morgan fingerprint density at radius 1 is 0.824 bits per heavy atom. The molecule has 0 fully saturated rings. The maximum Gasteiger partial charge on any atom is 0.261 e. The maximum absolute atomic E-state index is 12.5. The van der Waals surface area contributed by atoms with Gasteiger partial charge in [0.15, 0.2) is 6.61 Å². The van der Waals surface area contributed by atoms with E-state index >= 15 is 0 Å². The number of primary sulfonamides is 1. The molecular weight excluding hydrogens is 482 g/mol. The van der Waals surface area contributed by atoms with E-state index in [2.05, 4.69) is 10.0 Å². The number of hydrogen-bond acceptors (Lipinski definition) is 7. The Hall–Kier alpha value is -3.61. The zero-order valence-electron chi connectivity index (χ0n) is 18.1. The molecule has 0 aliphatic rings. The van der Waals surface area contributed by atoms with Gasteiger partial charge in [-0.3, -0.25) is 9.52 Å². The van der Waals surface area contributed by atoms with Crippen molar-refractivity contribution in [3.63, 3.8) is 0 Å². The second-order valence-corrected chi connectivity index (χ2v) is 10.3. The molecule has 10 nitrogen and oxygen atoms in total. The first-order chi connectivity index (χ1) is 16.1. The average molecular weight is 506 g/mol. The molecule has 12 heteroatoms. The third kappa shape index (κ3) is 6.94. The Bertz CT molecular complexity index is 1340. The third-order valence-corrected chi connectivity index (χ3v) is 6.91. The van der Waals surface area contributed by atoms with Gasteiger partial charge >= 0.3 is 0 Å². The zero-order valence-corrected chi connectivity index (χ0v) is 19.7. The molecule has 0 saturated heterocycles. The second kappa shape index (κ2) is 10.5. The van der Waals surface area contributed by atoms with E-state index in [4.69, 9.17) is 14.6 Å². The standard InChI is InChI=1S/C22H23N3O7S2/c1-31-18-6-4-17(5-7-18)25-34(29,30)21-12-8-19(9-13-21)32-15-22(26)24-14-16-2-10-20(11-3-16)33(23,27)28/h2-13,25H,14-15H2,1H3,(H,24,26)(H2,23,27,28). The molecule has 0 bridgehead atoms. The van der Waals surface area contributed by atoms with Crippen LogP contribution >= 0.6 is 0 Å². The molecule has 180 valence electrons. The SMILES string of the molecule is COc1ccc(NS(=O)(=O)c2ccc(OCC(=O)NCc3ccc(S(N)(=O)=O)cc3)cc2)cc1. The van der Waals surface area contributed by atoms with Gasteiger partial charge in [0, 0.05) is 12.2 Å². The van der Waals surface area contributed by atoms with Crippen molar-refractivity contribution in [2.45, 2.75) is 16.3 Å². The Morgan fingerprint density at radius 2 is 1.38 bits per heavy atom. The lowest BCUT2D eigenvalue weighted by Gasteiger charge is -2.10. The Balaban J connectivity index is 1.50. The third-order valence-electron chi connectivity index (χ3n) is 4.59. The fourth-order valence-electron chi connectivity index (χ4n) is 2.79. The van der Waals surface area contributed by atoms with Crippen LogP contribution in [0.5, 0.6) is 11.5 Å². The quantitative estimate of drug-likeness (QED) is 0.380. The molecule has 1 amide bonds. The minimum Gasteiger partial charge on any atom is -0.497 e. The molecule has 0 heterocycles. The molecule has 0 aromatic heterocycles. The van der Waals surface area contributed by atoms with Crippen molar-refractivity contribution in [3.8, 4) is 11.5 Å². The first-order valence-electron chi connectivity index (χ1n) is 9.85. The first kappa shape index (κ1) is 25.0. The van der Waals surface area contributed by atoms with Gasteiger partial charge in [-0.15, -0.1) is 0 Å². The van der Waals surface area contributed by atoms with Crippen molar-refractivity contribution in [2.75, 3.05) is 18.4 Å². The van der Waals surface area contributed by atoms with Gasteiger partial charge in [0.25, 0.3) is 15.9 Å². The van der Waals surface area contributed by atoms with Crippen LogP contribution in [0, 0.1) is 0 Å². The second-order valence-electron chi connectivity index (χ2n) is 7.06. The highest BCUT2D eigenvalue weighted by molar-refractivity contribution is 7.92. The van der Waals surface area contributed by atoms with Crippen LogP contribution in [0.15, 0.2) is 82.6 Å². The normalized spacial score (nSPS) is 11.5. The monoisotopic (exact) mass is 505 g/mol. The summed E-state index contributed by atoms with van der Waals surface area (Å²) in [6.45, 7) is -0.118. The smallest absolute Gasteiger partial charge is 0.261 e. The summed E-state index contributed by atoms with van der Waals surface area (Å²) in [5.41, 5.74) is 1.07. The average Bonchev–Trinajstić information content (AvgIpc) is 2.81. The Morgan fingerprint density at radius 3 is 1.94 bits per heavy atom. The van der Waals surface area contributed by atoms with E-state index in [0.717, 1.165) is 0 Å². The lowest BCUT2D eigenvalue weighted by Crippen LogP contribution is -2.28. The Kier molecular flexibility index (Phi) is 7.76. The number of nitrogens with one attached hydrogen (secondary N) is 2. The van der Waals surface area contributed by atoms with Gasteiger partial charge in [0.2, 0.25) is 10.0 Å². The molecule has 0 atom stereocenters. The molecule has 0 unspecified atom stereocenters. The predicted octanol–water partition coefficient (Wildman–Crippen LogP) is 1.84. The van der Waals surface area contributed by atoms with Crippen molar-refractivity contribution in [2.24, 2.45) is 5.14 Å². The van der Waals surface area contributed by atoms with Crippen LogP contribution in [0.4, 0.5) is 5.69 Å². The molecule has 0 aliphatic carbocycles. The largest absolute Gasteiger partial charge is 0.497 e. The van der Waals surface area contributed by atoms with E-state index in [1.54, 1.807) is 36.4 Å². The molecule has 34 heavy (non-hydrogen) atoms. The summed E-state index contributed by atoms with van der Waals surface area (Å²) in [6, 6.07) is 17.9. The first-order valence-corrected chi connectivity index (χ1v) is 12.9. The van der Waals surface area contributed by atoms with E-state index in [0.29, 0.717) is 22.7 Å². The van der Waals surface area contributed by atoms with E-state index in [-0.39, 0.29) is 22.9 Å². The number of hydrogen-bond donors (Lipinski definition) is 3. The lowest BCUT2D eigenvalue weighted by molar-refractivity contribution is -0.123. The number of ether oxygens (including phenoxy) is 2. The highest BCUT2D eigenvalue weighted by Gasteiger charge is 2.15. The van der Waals surface area contributed by atoms with Crippen LogP contribution in [0.1, 0.15) is 5.56 Å². The minimum atomic E-state index is -3.80. The number of sulfonamides is 2. The van der Waals surface area contributed by atoms with Gasteiger partial charge in [-0.25, -0.2) is 22.0 Å². The van der Waals surface area contributed by atoms with E-state index < -0.39 is 26.0 Å². The van der Waals surface area contributed by atoms with Crippen LogP contribution in [-0.2, 0) is 31.4 Å². The Labute approximate surface area is 197 Å². The molecule has 0 radical (unpaired) electrons. The van der Waals surface area contributed by atoms with Gasteiger partial charge in [-0.2, -0.15) is 0 Å². The van der Waals surface area contributed by atoms with Gasteiger partial charge in [0.05, 0.1) is 16.9 Å². The highest BCUT2D eigenvalue weighted by atomic mass is 32.2. The number of carbonyl (C=O) groups excluding carboxylic acids is 1. The van der Waals surface area contributed by atoms with E-state index in [1.807, 2.05) is 0 Å². The lowest BCUT2D eigenvalue weighted by atomic mass is 10.2. The van der Waals surface area contributed by atoms with Gasteiger partial charge in [0.1, 0.15) is 11.5 Å². The van der Waals surface area contributed by atoms with E-state index in [1.165, 1.54) is 43.5 Å². The summed E-state index contributed by atoms with van der Waals surface area (Å²) in [7, 11) is -6.06. The summed E-state index contributed by atoms with van der Waals surface area (Å²) in [6.07, 6.45) is 0. The number of rotatable bonds is 10. The van der Waals surface area contributed by atoms with Gasteiger partial charge < -0.3 is 14.8 Å². The van der Waals surface area contributed by atoms with Crippen molar-refractivity contribution in [3.05, 3.63) is 78.4 Å². The van der Waals surface area contributed by atoms with Gasteiger partial charge in [-0.05, 0) is 66.2 Å². The fourth-order valence-corrected chi connectivity index (χ4v) is 4.36. The van der Waals surface area contributed by atoms with Crippen molar-refractivity contribution >= 4 is 31.6 Å². The van der Waals surface area contributed by atoms with Crippen LogP contribution in [0.3, 0.4) is 0 Å². The molecule has 3 aromatic carbocycles. The summed E-state index contributed by atoms with van der Waals surface area (Å²) in [5, 5.41) is 7.69. The number of carbonyl (C=O) groups is 1. The molecule has 0 saturated carbocycles.